The highest BCUT2D eigenvalue weighted by atomic mass is 19.4. The molecule has 1 fully saturated rings. The number of rotatable bonds is 3. The van der Waals surface area contributed by atoms with Gasteiger partial charge in [-0.05, 0) is 24.6 Å². The molecule has 24 heavy (non-hydrogen) atoms. The Morgan fingerprint density at radius 1 is 1.33 bits per heavy atom. The molecule has 0 radical (unpaired) electrons. The molecular formula is C16H15F3N2O3. The zero-order chi connectivity index (χ0) is 17.3. The molecule has 3 rings (SSSR count). The smallest absolute Gasteiger partial charge is 0.416 e. The summed E-state index contributed by atoms with van der Waals surface area (Å²) in [6.07, 6.45) is -1.10. The van der Waals surface area contributed by atoms with Crippen molar-refractivity contribution in [1.29, 1.82) is 0 Å². The molecule has 1 aromatic carbocycles. The van der Waals surface area contributed by atoms with E-state index in [2.05, 4.69) is 4.98 Å². The van der Waals surface area contributed by atoms with Crippen LogP contribution >= 0.6 is 0 Å². The number of benzene rings is 1. The number of hydrogen-bond acceptors (Lipinski definition) is 4. The van der Waals surface area contributed by atoms with Crippen LogP contribution in [0.3, 0.4) is 0 Å². The van der Waals surface area contributed by atoms with Gasteiger partial charge in [0, 0.05) is 30.8 Å². The van der Waals surface area contributed by atoms with Crippen LogP contribution in [0, 0.1) is 5.92 Å². The van der Waals surface area contributed by atoms with Gasteiger partial charge in [-0.3, -0.25) is 9.36 Å². The van der Waals surface area contributed by atoms with E-state index in [0.717, 1.165) is 18.6 Å². The highest BCUT2D eigenvalue weighted by molar-refractivity contribution is 5.69. The first-order valence-electron chi connectivity index (χ1n) is 7.39. The lowest BCUT2D eigenvalue weighted by molar-refractivity contribution is -0.137. The van der Waals surface area contributed by atoms with Crippen molar-refractivity contribution in [3.8, 4) is 16.9 Å². The van der Waals surface area contributed by atoms with Gasteiger partial charge < -0.3 is 9.84 Å². The third kappa shape index (κ3) is 3.28. The van der Waals surface area contributed by atoms with Gasteiger partial charge in [-0.1, -0.05) is 0 Å². The Morgan fingerprint density at radius 2 is 2.12 bits per heavy atom. The molecule has 2 aromatic rings. The summed E-state index contributed by atoms with van der Waals surface area (Å²) >= 11 is 0. The average Bonchev–Trinajstić information content (AvgIpc) is 3.02. The third-order valence-corrected chi connectivity index (χ3v) is 4.00. The zero-order valence-corrected chi connectivity index (χ0v) is 12.6. The van der Waals surface area contributed by atoms with Gasteiger partial charge in [0.1, 0.15) is 5.75 Å². The molecule has 0 unspecified atom stereocenters. The summed E-state index contributed by atoms with van der Waals surface area (Å²) in [5.74, 6) is -0.411. The first kappa shape index (κ1) is 16.5. The summed E-state index contributed by atoms with van der Waals surface area (Å²) in [6.45, 7) is 1.62. The second-order valence-corrected chi connectivity index (χ2v) is 5.72. The average molecular weight is 340 g/mol. The Balaban J connectivity index is 1.96. The first-order valence-corrected chi connectivity index (χ1v) is 7.39. The topological polar surface area (TPSA) is 64.3 Å². The lowest BCUT2D eigenvalue weighted by atomic mass is 10.0. The van der Waals surface area contributed by atoms with Gasteiger partial charge in [0.2, 0.25) is 0 Å². The van der Waals surface area contributed by atoms with E-state index in [1.807, 2.05) is 0 Å². The molecule has 0 spiro atoms. The molecule has 5 nitrogen and oxygen atoms in total. The summed E-state index contributed by atoms with van der Waals surface area (Å²) in [5, 5.41) is 9.91. The quantitative estimate of drug-likeness (QED) is 0.933. The van der Waals surface area contributed by atoms with E-state index in [0.29, 0.717) is 25.8 Å². The number of ether oxygens (including phenoxy) is 1. The lowest BCUT2D eigenvalue weighted by Gasteiger charge is -2.13. The first-order chi connectivity index (χ1) is 11.4. The van der Waals surface area contributed by atoms with Gasteiger partial charge >= 0.3 is 6.18 Å². The second kappa shape index (κ2) is 6.27. The maximum atomic E-state index is 12.7. The van der Waals surface area contributed by atoms with Crippen LogP contribution in [-0.4, -0.2) is 27.9 Å². The minimum absolute atomic E-state index is 0.0255. The van der Waals surface area contributed by atoms with E-state index in [-0.39, 0.29) is 17.0 Å². The SMILES string of the molecule is O=c1c(-c2ccc(C(F)(F)F)cc2O)cncn1C[C@@H]1CCOC1. The van der Waals surface area contributed by atoms with E-state index < -0.39 is 23.0 Å². The molecule has 0 bridgehead atoms. The molecule has 2 heterocycles. The fourth-order valence-electron chi connectivity index (χ4n) is 2.71. The maximum absolute atomic E-state index is 12.7. The van der Waals surface area contributed by atoms with Crippen LogP contribution in [0.25, 0.3) is 11.1 Å². The van der Waals surface area contributed by atoms with Gasteiger partial charge in [0.15, 0.2) is 0 Å². The van der Waals surface area contributed by atoms with Crippen LogP contribution in [-0.2, 0) is 17.5 Å². The summed E-state index contributed by atoms with van der Waals surface area (Å²) in [5.41, 5.74) is -1.30. The van der Waals surface area contributed by atoms with Gasteiger partial charge in [-0.2, -0.15) is 13.2 Å². The van der Waals surface area contributed by atoms with Crippen LogP contribution in [0.4, 0.5) is 13.2 Å². The highest BCUT2D eigenvalue weighted by Crippen LogP contribution is 2.35. The Morgan fingerprint density at radius 3 is 2.75 bits per heavy atom. The van der Waals surface area contributed by atoms with Crippen molar-refractivity contribution >= 4 is 0 Å². The number of phenols is 1. The van der Waals surface area contributed by atoms with Crippen LogP contribution < -0.4 is 5.56 Å². The van der Waals surface area contributed by atoms with Crippen molar-refractivity contribution in [3.63, 3.8) is 0 Å². The van der Waals surface area contributed by atoms with E-state index in [4.69, 9.17) is 4.74 Å². The van der Waals surface area contributed by atoms with Crippen molar-refractivity contribution < 1.29 is 23.0 Å². The van der Waals surface area contributed by atoms with Crippen LogP contribution in [0.5, 0.6) is 5.75 Å². The van der Waals surface area contributed by atoms with Crippen LogP contribution in [0.15, 0.2) is 35.5 Å². The molecule has 0 amide bonds. The predicted molar refractivity (Wildman–Crippen MR) is 79.5 cm³/mol. The molecule has 1 atom stereocenters. The summed E-state index contributed by atoms with van der Waals surface area (Å²) in [6, 6.07) is 2.52. The minimum Gasteiger partial charge on any atom is -0.507 e. The standard InChI is InChI=1S/C16H15F3N2O3/c17-16(18,19)11-1-2-12(14(22)5-11)13-6-20-9-21(15(13)23)7-10-3-4-24-8-10/h1-2,5-6,9-10,22H,3-4,7-8H2/t10-/m0/s1. The normalized spacial score (nSPS) is 18.0. The number of hydrogen-bond donors (Lipinski definition) is 1. The number of alkyl halides is 3. The molecule has 8 heteroatoms. The molecule has 0 aliphatic carbocycles. The highest BCUT2D eigenvalue weighted by Gasteiger charge is 2.31. The third-order valence-electron chi connectivity index (χ3n) is 4.00. The van der Waals surface area contributed by atoms with E-state index >= 15 is 0 Å². The Bertz CT molecular complexity index is 796. The molecule has 1 N–H and O–H groups in total. The molecular weight excluding hydrogens is 325 g/mol. The number of phenolic OH excluding ortho intramolecular Hbond substituents is 1. The van der Waals surface area contributed by atoms with Crippen molar-refractivity contribution in [2.45, 2.75) is 19.1 Å². The lowest BCUT2D eigenvalue weighted by Crippen LogP contribution is -2.25. The Labute approximate surface area is 135 Å². The summed E-state index contributed by atoms with van der Waals surface area (Å²) < 4.78 is 44.7. The largest absolute Gasteiger partial charge is 0.507 e. The second-order valence-electron chi connectivity index (χ2n) is 5.72. The summed E-state index contributed by atoms with van der Waals surface area (Å²) in [4.78, 5) is 16.5. The van der Waals surface area contributed by atoms with Gasteiger partial charge in [-0.25, -0.2) is 4.98 Å². The van der Waals surface area contributed by atoms with Crippen molar-refractivity contribution in [1.82, 2.24) is 9.55 Å². The Hall–Kier alpha value is -2.35. The van der Waals surface area contributed by atoms with E-state index in [1.54, 1.807) is 0 Å². The van der Waals surface area contributed by atoms with Crippen molar-refractivity contribution in [3.05, 3.63) is 46.6 Å². The Kier molecular flexibility index (Phi) is 4.31. The molecule has 1 saturated heterocycles. The van der Waals surface area contributed by atoms with Crippen LogP contribution in [0.2, 0.25) is 0 Å². The number of halogens is 3. The molecule has 0 saturated carbocycles. The predicted octanol–water partition coefficient (Wildman–Crippen LogP) is 2.67. The number of aromatic nitrogens is 2. The summed E-state index contributed by atoms with van der Waals surface area (Å²) in [7, 11) is 0. The van der Waals surface area contributed by atoms with Crippen molar-refractivity contribution in [2.24, 2.45) is 5.92 Å². The fourth-order valence-corrected chi connectivity index (χ4v) is 2.71. The number of aromatic hydroxyl groups is 1. The van der Waals surface area contributed by atoms with Gasteiger partial charge in [0.05, 0.1) is 24.1 Å². The van der Waals surface area contributed by atoms with Gasteiger partial charge in [-0.15, -0.1) is 0 Å². The van der Waals surface area contributed by atoms with Gasteiger partial charge in [0.25, 0.3) is 5.56 Å². The number of nitrogens with zero attached hydrogens (tertiary/aromatic N) is 2. The zero-order valence-electron chi connectivity index (χ0n) is 12.6. The monoisotopic (exact) mass is 340 g/mol. The molecule has 128 valence electrons. The molecule has 1 aliphatic rings. The minimum atomic E-state index is -4.56. The molecule has 1 aliphatic heterocycles. The van der Waals surface area contributed by atoms with Crippen molar-refractivity contribution in [2.75, 3.05) is 13.2 Å². The van der Waals surface area contributed by atoms with E-state index in [1.165, 1.54) is 17.1 Å². The molecule has 1 aromatic heterocycles. The van der Waals surface area contributed by atoms with Crippen LogP contribution in [0.1, 0.15) is 12.0 Å². The van der Waals surface area contributed by atoms with E-state index in [9.17, 15) is 23.1 Å². The fraction of sp³-hybridized carbons (Fsp3) is 0.375. The maximum Gasteiger partial charge on any atom is 0.416 e.